The van der Waals surface area contributed by atoms with Crippen LogP contribution >= 0.6 is 11.6 Å². The summed E-state index contributed by atoms with van der Waals surface area (Å²) in [4.78, 5) is 29.6. The molecule has 0 spiro atoms. The maximum Gasteiger partial charge on any atom is 0.289 e. The molecule has 0 unspecified atom stereocenters. The third kappa shape index (κ3) is 6.39. The Morgan fingerprint density at radius 3 is 2.18 bits per heavy atom. The monoisotopic (exact) mass is 531 g/mol. The van der Waals surface area contributed by atoms with E-state index in [1.54, 1.807) is 41.1 Å². The number of benzene rings is 2. The highest BCUT2D eigenvalue weighted by Gasteiger charge is 2.17. The van der Waals surface area contributed by atoms with Crippen molar-refractivity contribution in [2.45, 2.75) is 46.6 Å². The van der Waals surface area contributed by atoms with Gasteiger partial charge in [-0.05, 0) is 72.9 Å². The smallest absolute Gasteiger partial charge is 0.289 e. The number of aryl methyl sites for hydroxylation is 2. The van der Waals surface area contributed by atoms with Crippen LogP contribution in [0.15, 0.2) is 66.7 Å². The van der Waals surface area contributed by atoms with Gasteiger partial charge in [0, 0.05) is 11.3 Å². The largest absolute Gasteiger partial charge is 0.489 e. The van der Waals surface area contributed by atoms with Gasteiger partial charge in [0.2, 0.25) is 0 Å². The second kappa shape index (κ2) is 11.1. The molecule has 2 aromatic carbocycles. The van der Waals surface area contributed by atoms with Gasteiger partial charge in [-0.3, -0.25) is 20.4 Å². The first-order valence-electron chi connectivity index (χ1n) is 12.1. The van der Waals surface area contributed by atoms with Crippen LogP contribution in [0.5, 0.6) is 5.75 Å². The Kier molecular flexibility index (Phi) is 7.83. The molecule has 2 heterocycles. The maximum atomic E-state index is 12.7. The van der Waals surface area contributed by atoms with E-state index in [0.29, 0.717) is 18.0 Å². The summed E-state index contributed by atoms with van der Waals surface area (Å²) < 4.78 is 7.48. The topological polar surface area (TPSA) is 98.1 Å². The lowest BCUT2D eigenvalue weighted by Gasteiger charge is -2.19. The standard InChI is InChI=1S/C29H30ClN5O3/c1-18-16-19(2)35(34-18)25-15-14-24(30)26(31-25)28(37)33-32-27(36)21-8-6-20(7-9-21)17-38-23-12-10-22(11-13-23)29(3,4)5/h6-16H,17H2,1-5H3,(H,32,36)(H,33,37). The van der Waals surface area contributed by atoms with Crippen LogP contribution < -0.4 is 15.6 Å². The Bertz CT molecular complexity index is 1460. The van der Waals surface area contributed by atoms with Gasteiger partial charge in [0.25, 0.3) is 11.8 Å². The second-order valence-electron chi connectivity index (χ2n) is 10.0. The summed E-state index contributed by atoms with van der Waals surface area (Å²) in [5, 5.41) is 4.53. The fourth-order valence-corrected chi connectivity index (χ4v) is 3.98. The molecule has 8 nitrogen and oxygen atoms in total. The molecule has 2 amide bonds. The average molecular weight is 532 g/mol. The summed E-state index contributed by atoms with van der Waals surface area (Å²) in [6, 6.07) is 20.1. The molecule has 2 aromatic heterocycles. The molecule has 0 aliphatic rings. The number of amides is 2. The van der Waals surface area contributed by atoms with E-state index in [1.165, 1.54) is 5.56 Å². The van der Waals surface area contributed by atoms with Crippen LogP contribution in [-0.4, -0.2) is 26.6 Å². The molecule has 0 saturated heterocycles. The van der Waals surface area contributed by atoms with E-state index < -0.39 is 11.8 Å². The number of carbonyl (C=O) groups is 2. The number of pyridine rings is 1. The van der Waals surface area contributed by atoms with Crippen LogP contribution in [0, 0.1) is 13.8 Å². The highest BCUT2D eigenvalue weighted by molar-refractivity contribution is 6.33. The summed E-state index contributed by atoms with van der Waals surface area (Å²) in [6.45, 7) is 10.6. The first-order valence-corrected chi connectivity index (χ1v) is 12.5. The number of nitrogens with zero attached hydrogens (tertiary/aromatic N) is 3. The van der Waals surface area contributed by atoms with Crippen molar-refractivity contribution < 1.29 is 14.3 Å². The first-order chi connectivity index (χ1) is 18.0. The Hall–Kier alpha value is -4.17. The van der Waals surface area contributed by atoms with Gasteiger partial charge in [-0.15, -0.1) is 0 Å². The van der Waals surface area contributed by atoms with E-state index in [9.17, 15) is 9.59 Å². The zero-order valence-electron chi connectivity index (χ0n) is 22.0. The third-order valence-corrected chi connectivity index (χ3v) is 6.21. The van der Waals surface area contributed by atoms with Crippen LogP contribution in [0.3, 0.4) is 0 Å². The zero-order valence-corrected chi connectivity index (χ0v) is 22.8. The second-order valence-corrected chi connectivity index (χ2v) is 10.4. The highest BCUT2D eigenvalue weighted by Crippen LogP contribution is 2.24. The molecular weight excluding hydrogens is 502 g/mol. The van der Waals surface area contributed by atoms with Gasteiger partial charge < -0.3 is 4.74 Å². The quantitative estimate of drug-likeness (QED) is 0.321. The molecule has 0 fully saturated rings. The molecule has 0 bridgehead atoms. The number of carbonyl (C=O) groups excluding carboxylic acids is 2. The van der Waals surface area contributed by atoms with Crippen molar-refractivity contribution in [3.05, 3.63) is 106 Å². The third-order valence-electron chi connectivity index (χ3n) is 5.90. The van der Waals surface area contributed by atoms with Crippen molar-refractivity contribution in [1.82, 2.24) is 25.6 Å². The molecule has 9 heteroatoms. The number of hydrazine groups is 1. The summed E-state index contributed by atoms with van der Waals surface area (Å²) in [6.07, 6.45) is 0. The minimum Gasteiger partial charge on any atom is -0.489 e. The predicted octanol–water partition coefficient (Wildman–Crippen LogP) is 5.49. The summed E-state index contributed by atoms with van der Waals surface area (Å²) in [7, 11) is 0. The Morgan fingerprint density at radius 2 is 1.58 bits per heavy atom. The van der Waals surface area contributed by atoms with Crippen molar-refractivity contribution in [3.63, 3.8) is 0 Å². The van der Waals surface area contributed by atoms with Crippen molar-refractivity contribution >= 4 is 23.4 Å². The molecule has 4 rings (SSSR count). The number of halogens is 1. The molecule has 0 radical (unpaired) electrons. The fraction of sp³-hybridized carbons (Fsp3) is 0.241. The van der Waals surface area contributed by atoms with Gasteiger partial charge in [0.15, 0.2) is 11.5 Å². The minimum absolute atomic E-state index is 0.0277. The summed E-state index contributed by atoms with van der Waals surface area (Å²) in [5.74, 6) is 0.0970. The zero-order chi connectivity index (χ0) is 27.4. The normalized spacial score (nSPS) is 11.2. The molecule has 38 heavy (non-hydrogen) atoms. The summed E-state index contributed by atoms with van der Waals surface area (Å²) in [5.41, 5.74) is 9.04. The lowest BCUT2D eigenvalue weighted by Crippen LogP contribution is -2.42. The van der Waals surface area contributed by atoms with E-state index in [-0.39, 0.29) is 16.1 Å². The fourth-order valence-electron chi connectivity index (χ4n) is 3.78. The molecule has 196 valence electrons. The van der Waals surface area contributed by atoms with Gasteiger partial charge >= 0.3 is 0 Å². The van der Waals surface area contributed by atoms with Gasteiger partial charge in [0.05, 0.1) is 10.7 Å². The number of nitrogens with one attached hydrogen (secondary N) is 2. The van der Waals surface area contributed by atoms with E-state index in [4.69, 9.17) is 16.3 Å². The van der Waals surface area contributed by atoms with E-state index in [2.05, 4.69) is 53.8 Å². The van der Waals surface area contributed by atoms with Crippen molar-refractivity contribution in [1.29, 1.82) is 0 Å². The van der Waals surface area contributed by atoms with E-state index >= 15 is 0 Å². The maximum absolute atomic E-state index is 12.7. The number of rotatable bonds is 6. The molecule has 0 atom stereocenters. The minimum atomic E-state index is -0.644. The average Bonchev–Trinajstić information content (AvgIpc) is 3.23. The molecule has 0 saturated carbocycles. The van der Waals surface area contributed by atoms with Gasteiger partial charge in [-0.2, -0.15) is 5.10 Å². The van der Waals surface area contributed by atoms with E-state index in [1.807, 2.05) is 32.0 Å². The van der Waals surface area contributed by atoms with Crippen molar-refractivity contribution in [3.8, 4) is 11.6 Å². The Morgan fingerprint density at radius 1 is 0.921 bits per heavy atom. The number of hydrogen-bond acceptors (Lipinski definition) is 5. The van der Waals surface area contributed by atoms with Crippen LogP contribution in [0.1, 0.15) is 64.1 Å². The van der Waals surface area contributed by atoms with Gasteiger partial charge in [-0.1, -0.05) is 56.6 Å². The molecule has 4 aromatic rings. The Labute approximate surface area is 227 Å². The molecule has 2 N–H and O–H groups in total. The van der Waals surface area contributed by atoms with Crippen molar-refractivity contribution in [2.24, 2.45) is 0 Å². The van der Waals surface area contributed by atoms with Crippen LogP contribution in [-0.2, 0) is 12.0 Å². The lowest BCUT2D eigenvalue weighted by molar-refractivity contribution is 0.0844. The summed E-state index contributed by atoms with van der Waals surface area (Å²) >= 11 is 6.20. The van der Waals surface area contributed by atoms with Gasteiger partial charge in [-0.25, -0.2) is 9.67 Å². The van der Waals surface area contributed by atoms with Gasteiger partial charge in [0.1, 0.15) is 12.4 Å². The lowest BCUT2D eigenvalue weighted by atomic mass is 9.87. The number of hydrogen-bond donors (Lipinski definition) is 2. The first kappa shape index (κ1) is 26.9. The molecular formula is C29H30ClN5O3. The SMILES string of the molecule is Cc1cc(C)n(-c2ccc(Cl)c(C(=O)NNC(=O)c3ccc(COc4ccc(C(C)(C)C)cc4)cc3)n2)n1. The van der Waals surface area contributed by atoms with Crippen LogP contribution in [0.25, 0.3) is 5.82 Å². The number of ether oxygens (including phenoxy) is 1. The number of aromatic nitrogens is 3. The van der Waals surface area contributed by atoms with E-state index in [0.717, 1.165) is 22.7 Å². The van der Waals surface area contributed by atoms with Crippen LogP contribution in [0.4, 0.5) is 0 Å². The van der Waals surface area contributed by atoms with Crippen LogP contribution in [0.2, 0.25) is 5.02 Å². The highest BCUT2D eigenvalue weighted by atomic mass is 35.5. The molecule has 0 aliphatic heterocycles. The Balaban J connectivity index is 1.33. The predicted molar refractivity (Wildman–Crippen MR) is 147 cm³/mol. The molecule has 0 aliphatic carbocycles. The van der Waals surface area contributed by atoms with Crippen molar-refractivity contribution in [2.75, 3.05) is 0 Å².